The molecule has 5 nitrogen and oxygen atoms in total. The number of fused-ring (bicyclic) bond motifs is 1. The van der Waals surface area contributed by atoms with E-state index in [1.807, 2.05) is 12.4 Å². The van der Waals surface area contributed by atoms with Crippen LogP contribution in [0, 0.1) is 5.92 Å². The van der Waals surface area contributed by atoms with Crippen LogP contribution in [-0.2, 0) is 11.3 Å². The molecule has 0 aromatic carbocycles. The van der Waals surface area contributed by atoms with Gasteiger partial charge in [0.1, 0.15) is 4.60 Å². The number of nitrogens with zero attached hydrogens (tertiary/aromatic N) is 3. The average Bonchev–Trinajstić information content (AvgIpc) is 2.83. The van der Waals surface area contributed by atoms with Crippen LogP contribution in [-0.4, -0.2) is 34.1 Å². The van der Waals surface area contributed by atoms with Gasteiger partial charge in [0.15, 0.2) is 5.65 Å². The van der Waals surface area contributed by atoms with Crippen molar-refractivity contribution in [3.05, 3.63) is 28.9 Å². The van der Waals surface area contributed by atoms with Crippen LogP contribution in [0.3, 0.4) is 0 Å². The van der Waals surface area contributed by atoms with Gasteiger partial charge in [0, 0.05) is 26.0 Å². The molecule has 3 rings (SSSR count). The molecule has 0 unspecified atom stereocenters. The first kappa shape index (κ1) is 13.0. The minimum absolute atomic E-state index is 0.737. The predicted molar refractivity (Wildman–Crippen MR) is 75.9 cm³/mol. The van der Waals surface area contributed by atoms with Gasteiger partial charge in [-0.05, 0) is 41.2 Å². The van der Waals surface area contributed by atoms with E-state index in [-0.39, 0.29) is 0 Å². The van der Waals surface area contributed by atoms with Gasteiger partial charge in [-0.2, -0.15) is 0 Å². The minimum Gasteiger partial charge on any atom is -0.381 e. The molecule has 0 aliphatic carbocycles. The molecule has 1 fully saturated rings. The fraction of sp³-hybridized carbons (Fsp3) is 0.538. The summed E-state index contributed by atoms with van der Waals surface area (Å²) in [5.74, 6) is 0.737. The Balaban J connectivity index is 1.60. The zero-order chi connectivity index (χ0) is 13.1. The summed E-state index contributed by atoms with van der Waals surface area (Å²) in [5.41, 5.74) is 2.04. The number of hydrogen-bond acceptors (Lipinski definition) is 4. The van der Waals surface area contributed by atoms with E-state index in [1.165, 1.54) is 0 Å². The largest absolute Gasteiger partial charge is 0.381 e. The summed E-state index contributed by atoms with van der Waals surface area (Å²) in [4.78, 5) is 8.52. The Labute approximate surface area is 120 Å². The Bertz CT molecular complexity index is 551. The Hall–Kier alpha value is -0.980. The van der Waals surface area contributed by atoms with Crippen molar-refractivity contribution in [2.45, 2.75) is 19.4 Å². The zero-order valence-corrected chi connectivity index (χ0v) is 12.3. The molecular formula is C13H17BrN4O. The third-order valence-corrected chi connectivity index (χ3v) is 3.93. The molecule has 2 aromatic rings. The number of imidazole rings is 1. The zero-order valence-electron chi connectivity index (χ0n) is 10.7. The standard InChI is InChI=1S/C13H17BrN4O/c14-12-9-18-11(7-17-13(18)8-16-12)6-15-5-10-1-3-19-4-2-10/h7-10,15H,1-6H2. The Morgan fingerprint density at radius 2 is 2.16 bits per heavy atom. The summed E-state index contributed by atoms with van der Waals surface area (Å²) in [6, 6.07) is 0. The number of aromatic nitrogens is 3. The maximum Gasteiger partial charge on any atom is 0.155 e. The summed E-state index contributed by atoms with van der Waals surface area (Å²) >= 11 is 3.39. The second-order valence-corrected chi connectivity index (χ2v) is 5.69. The van der Waals surface area contributed by atoms with Gasteiger partial charge in [-0.1, -0.05) is 0 Å². The van der Waals surface area contributed by atoms with E-state index in [4.69, 9.17) is 4.74 Å². The predicted octanol–water partition coefficient (Wildman–Crippen LogP) is 2.01. The fourth-order valence-electron chi connectivity index (χ4n) is 2.40. The van der Waals surface area contributed by atoms with Gasteiger partial charge in [0.05, 0.1) is 18.1 Å². The quantitative estimate of drug-likeness (QED) is 0.934. The van der Waals surface area contributed by atoms with Crippen molar-refractivity contribution in [2.24, 2.45) is 5.92 Å². The van der Waals surface area contributed by atoms with Gasteiger partial charge in [0.25, 0.3) is 0 Å². The highest BCUT2D eigenvalue weighted by atomic mass is 79.9. The molecule has 102 valence electrons. The lowest BCUT2D eigenvalue weighted by atomic mass is 10.0. The molecule has 0 saturated carbocycles. The Morgan fingerprint density at radius 3 is 3.00 bits per heavy atom. The lowest BCUT2D eigenvalue weighted by molar-refractivity contribution is 0.0662. The van der Waals surface area contributed by atoms with Crippen LogP contribution in [0.4, 0.5) is 0 Å². The summed E-state index contributed by atoms with van der Waals surface area (Å²) < 4.78 is 8.26. The van der Waals surface area contributed by atoms with Crippen LogP contribution in [0.1, 0.15) is 18.5 Å². The highest BCUT2D eigenvalue weighted by Crippen LogP contribution is 2.14. The Morgan fingerprint density at radius 1 is 1.32 bits per heavy atom. The van der Waals surface area contributed by atoms with Crippen molar-refractivity contribution in [1.82, 2.24) is 19.7 Å². The summed E-state index contributed by atoms with van der Waals surface area (Å²) in [5, 5.41) is 3.52. The van der Waals surface area contributed by atoms with Crippen LogP contribution in [0.5, 0.6) is 0 Å². The van der Waals surface area contributed by atoms with E-state index in [0.29, 0.717) is 0 Å². The van der Waals surface area contributed by atoms with Gasteiger partial charge in [-0.3, -0.25) is 4.40 Å². The SMILES string of the molecule is Brc1cn2c(CNCC3CCOCC3)cnc2cn1. The molecule has 3 heterocycles. The lowest BCUT2D eigenvalue weighted by Gasteiger charge is -2.22. The van der Waals surface area contributed by atoms with E-state index in [9.17, 15) is 0 Å². The van der Waals surface area contributed by atoms with Gasteiger partial charge in [-0.15, -0.1) is 0 Å². The molecule has 6 heteroatoms. The smallest absolute Gasteiger partial charge is 0.155 e. The van der Waals surface area contributed by atoms with Crippen LogP contribution in [0.25, 0.3) is 5.65 Å². The number of hydrogen-bond donors (Lipinski definition) is 1. The maximum atomic E-state index is 5.37. The molecule has 19 heavy (non-hydrogen) atoms. The second kappa shape index (κ2) is 5.98. The summed E-state index contributed by atoms with van der Waals surface area (Å²) in [6.07, 6.45) is 7.95. The van der Waals surface area contributed by atoms with Crippen molar-refractivity contribution in [3.63, 3.8) is 0 Å². The van der Waals surface area contributed by atoms with Crippen LogP contribution < -0.4 is 5.32 Å². The van der Waals surface area contributed by atoms with E-state index in [1.54, 1.807) is 6.20 Å². The van der Waals surface area contributed by atoms with Gasteiger partial charge in [0.2, 0.25) is 0 Å². The number of nitrogens with one attached hydrogen (secondary N) is 1. The first-order valence-electron chi connectivity index (χ1n) is 6.59. The summed E-state index contributed by atoms with van der Waals surface area (Å²) in [6.45, 7) is 3.68. The minimum atomic E-state index is 0.737. The number of halogens is 1. The van der Waals surface area contributed by atoms with Crippen LogP contribution in [0.15, 0.2) is 23.2 Å². The molecule has 0 atom stereocenters. The van der Waals surface area contributed by atoms with Gasteiger partial charge in [-0.25, -0.2) is 9.97 Å². The monoisotopic (exact) mass is 324 g/mol. The molecule has 1 aliphatic heterocycles. The average molecular weight is 325 g/mol. The van der Waals surface area contributed by atoms with Crippen molar-refractivity contribution in [2.75, 3.05) is 19.8 Å². The van der Waals surface area contributed by atoms with E-state index in [2.05, 4.69) is 35.6 Å². The van der Waals surface area contributed by atoms with Gasteiger partial charge < -0.3 is 10.1 Å². The summed E-state index contributed by atoms with van der Waals surface area (Å²) in [7, 11) is 0. The molecule has 1 aliphatic rings. The van der Waals surface area contributed by atoms with Crippen molar-refractivity contribution < 1.29 is 4.74 Å². The molecular weight excluding hydrogens is 308 g/mol. The molecule has 0 bridgehead atoms. The molecule has 0 radical (unpaired) electrons. The normalized spacial score (nSPS) is 17.1. The van der Waals surface area contributed by atoms with Crippen LogP contribution in [0.2, 0.25) is 0 Å². The number of ether oxygens (including phenoxy) is 1. The Kier molecular flexibility index (Phi) is 4.10. The van der Waals surface area contributed by atoms with Crippen molar-refractivity contribution in [1.29, 1.82) is 0 Å². The molecule has 0 spiro atoms. The lowest BCUT2D eigenvalue weighted by Crippen LogP contribution is -2.27. The highest BCUT2D eigenvalue weighted by molar-refractivity contribution is 9.10. The van der Waals surface area contributed by atoms with Crippen LogP contribution >= 0.6 is 15.9 Å². The second-order valence-electron chi connectivity index (χ2n) is 4.87. The van der Waals surface area contributed by atoms with Crippen molar-refractivity contribution >= 4 is 21.6 Å². The van der Waals surface area contributed by atoms with E-state index in [0.717, 1.165) is 61.0 Å². The molecule has 2 aromatic heterocycles. The first-order chi connectivity index (χ1) is 9.33. The maximum absolute atomic E-state index is 5.37. The first-order valence-corrected chi connectivity index (χ1v) is 7.38. The topological polar surface area (TPSA) is 51.5 Å². The van der Waals surface area contributed by atoms with E-state index < -0.39 is 0 Å². The highest BCUT2D eigenvalue weighted by Gasteiger charge is 2.13. The van der Waals surface area contributed by atoms with Gasteiger partial charge >= 0.3 is 0 Å². The third-order valence-electron chi connectivity index (χ3n) is 3.52. The van der Waals surface area contributed by atoms with Crippen molar-refractivity contribution in [3.8, 4) is 0 Å². The fourth-order valence-corrected chi connectivity index (χ4v) is 2.71. The van der Waals surface area contributed by atoms with E-state index >= 15 is 0 Å². The molecule has 0 amide bonds. The third kappa shape index (κ3) is 3.13. The molecule has 1 saturated heterocycles. The number of rotatable bonds is 4. The molecule has 1 N–H and O–H groups in total.